The van der Waals surface area contributed by atoms with Crippen LogP contribution in [-0.4, -0.2) is 26.1 Å². The van der Waals surface area contributed by atoms with Crippen LogP contribution in [0.15, 0.2) is 36.4 Å². The van der Waals surface area contributed by atoms with Crippen LogP contribution in [0.5, 0.6) is 5.75 Å². The molecule has 23 heavy (non-hydrogen) atoms. The van der Waals surface area contributed by atoms with Gasteiger partial charge in [-0.2, -0.15) is 0 Å². The van der Waals surface area contributed by atoms with Gasteiger partial charge in [0.25, 0.3) is 0 Å². The Labute approximate surface area is 138 Å². The summed E-state index contributed by atoms with van der Waals surface area (Å²) in [6.45, 7) is 3.12. The number of hydrogen-bond acceptors (Lipinski definition) is 3. The molecule has 124 valence electrons. The summed E-state index contributed by atoms with van der Waals surface area (Å²) >= 11 is 0. The second kappa shape index (κ2) is 8.53. The molecule has 0 spiro atoms. The highest BCUT2D eigenvalue weighted by atomic mass is 16.5. The lowest BCUT2D eigenvalue weighted by atomic mass is 10.1. The van der Waals surface area contributed by atoms with E-state index in [1.807, 2.05) is 35.2 Å². The second-order valence-corrected chi connectivity index (χ2v) is 5.77. The van der Waals surface area contributed by atoms with Crippen LogP contribution in [0.2, 0.25) is 0 Å². The maximum Gasteiger partial charge on any atom is 0.223 e. The third-order valence-corrected chi connectivity index (χ3v) is 4.06. The number of unbranched alkanes of at least 4 members (excludes halogenated alkanes) is 3. The molecule has 4 heteroatoms. The number of rotatable bonds is 8. The van der Waals surface area contributed by atoms with E-state index in [2.05, 4.69) is 6.07 Å². The molecule has 0 unspecified atom stereocenters. The largest absolute Gasteiger partial charge is 0.497 e. The van der Waals surface area contributed by atoms with Crippen molar-refractivity contribution >= 4 is 22.4 Å². The third-order valence-electron chi connectivity index (χ3n) is 4.06. The molecule has 0 aliphatic heterocycles. The molecule has 0 aromatic heterocycles. The predicted octanol–water partition coefficient (Wildman–Crippen LogP) is 3.72. The van der Waals surface area contributed by atoms with E-state index in [0.717, 1.165) is 61.0 Å². The molecule has 1 amide bonds. The van der Waals surface area contributed by atoms with Crippen LogP contribution >= 0.6 is 0 Å². The Balaban J connectivity index is 2.12. The zero-order valence-electron chi connectivity index (χ0n) is 14.0. The Hall–Kier alpha value is -2.07. The Morgan fingerprint density at radius 2 is 1.74 bits per heavy atom. The molecule has 2 rings (SSSR count). The van der Waals surface area contributed by atoms with Crippen LogP contribution in [0.25, 0.3) is 10.8 Å². The van der Waals surface area contributed by atoms with E-state index in [1.54, 1.807) is 14.0 Å². The topological polar surface area (TPSA) is 55.6 Å². The van der Waals surface area contributed by atoms with Crippen molar-refractivity contribution in [3.63, 3.8) is 0 Å². The van der Waals surface area contributed by atoms with Gasteiger partial charge in [0.15, 0.2) is 0 Å². The molecule has 2 aromatic carbocycles. The number of amides is 1. The number of hydrogen-bond donors (Lipinski definition) is 1. The lowest BCUT2D eigenvalue weighted by Crippen LogP contribution is -2.29. The number of nitrogens with two attached hydrogens (primary N) is 1. The summed E-state index contributed by atoms with van der Waals surface area (Å²) in [5.41, 5.74) is 6.46. The van der Waals surface area contributed by atoms with Crippen molar-refractivity contribution in [1.82, 2.24) is 0 Å². The Morgan fingerprint density at radius 1 is 1.04 bits per heavy atom. The summed E-state index contributed by atoms with van der Waals surface area (Å²) in [5, 5.41) is 2.22. The van der Waals surface area contributed by atoms with Crippen LogP contribution in [-0.2, 0) is 4.79 Å². The van der Waals surface area contributed by atoms with Gasteiger partial charge in [0.05, 0.1) is 7.11 Å². The van der Waals surface area contributed by atoms with Gasteiger partial charge in [-0.1, -0.05) is 25.0 Å². The minimum Gasteiger partial charge on any atom is -0.497 e. The molecule has 0 fully saturated rings. The molecule has 0 saturated heterocycles. The maximum atomic E-state index is 12.0. The SMILES string of the molecule is COc1ccc2cc(N(CCCCCCN)C(C)=O)ccc2c1. The number of nitrogens with zero attached hydrogens (tertiary/aromatic N) is 1. The van der Waals surface area contributed by atoms with Crippen LogP contribution in [0.4, 0.5) is 5.69 Å². The Kier molecular flexibility index (Phi) is 6.41. The maximum absolute atomic E-state index is 12.0. The average molecular weight is 314 g/mol. The van der Waals surface area contributed by atoms with Gasteiger partial charge in [0, 0.05) is 19.2 Å². The molecule has 0 heterocycles. The summed E-state index contributed by atoms with van der Waals surface area (Å²) in [6, 6.07) is 12.1. The van der Waals surface area contributed by atoms with E-state index in [-0.39, 0.29) is 5.91 Å². The molecule has 0 aliphatic carbocycles. The Bertz CT molecular complexity index is 655. The molecule has 0 bridgehead atoms. The molecule has 0 radical (unpaired) electrons. The first kappa shape index (κ1) is 17.3. The molecule has 2 aromatic rings. The van der Waals surface area contributed by atoms with E-state index in [1.165, 1.54) is 0 Å². The average Bonchev–Trinajstić information content (AvgIpc) is 2.57. The van der Waals surface area contributed by atoms with Crippen molar-refractivity contribution in [3.05, 3.63) is 36.4 Å². The number of methoxy groups -OCH3 is 1. The first-order valence-corrected chi connectivity index (χ1v) is 8.21. The first-order valence-electron chi connectivity index (χ1n) is 8.21. The smallest absolute Gasteiger partial charge is 0.223 e. The van der Waals surface area contributed by atoms with Crippen molar-refractivity contribution in [2.24, 2.45) is 5.73 Å². The van der Waals surface area contributed by atoms with Crippen molar-refractivity contribution in [2.75, 3.05) is 25.1 Å². The van der Waals surface area contributed by atoms with Crippen LogP contribution in [0.3, 0.4) is 0 Å². The summed E-state index contributed by atoms with van der Waals surface area (Å²) in [5.74, 6) is 0.922. The summed E-state index contributed by atoms with van der Waals surface area (Å²) < 4.78 is 5.25. The number of carbonyl (C=O) groups excluding carboxylic acids is 1. The molecule has 0 aliphatic rings. The highest BCUT2D eigenvalue weighted by Crippen LogP contribution is 2.26. The minimum atomic E-state index is 0.0803. The fraction of sp³-hybridized carbons (Fsp3) is 0.421. The van der Waals surface area contributed by atoms with Crippen molar-refractivity contribution in [2.45, 2.75) is 32.6 Å². The number of ether oxygens (including phenoxy) is 1. The number of anilines is 1. The summed E-state index contributed by atoms with van der Waals surface area (Å²) in [7, 11) is 1.66. The monoisotopic (exact) mass is 314 g/mol. The number of benzene rings is 2. The lowest BCUT2D eigenvalue weighted by Gasteiger charge is -2.21. The summed E-state index contributed by atoms with van der Waals surface area (Å²) in [4.78, 5) is 13.8. The van der Waals surface area contributed by atoms with Crippen molar-refractivity contribution in [3.8, 4) is 5.75 Å². The highest BCUT2D eigenvalue weighted by molar-refractivity contribution is 5.95. The van der Waals surface area contributed by atoms with Crippen molar-refractivity contribution in [1.29, 1.82) is 0 Å². The van der Waals surface area contributed by atoms with Gasteiger partial charge in [-0.05, 0) is 54.4 Å². The number of fused-ring (bicyclic) bond motifs is 1. The van der Waals surface area contributed by atoms with E-state index >= 15 is 0 Å². The van der Waals surface area contributed by atoms with Crippen LogP contribution < -0.4 is 15.4 Å². The number of carbonyl (C=O) groups is 1. The van der Waals surface area contributed by atoms with Crippen LogP contribution in [0.1, 0.15) is 32.6 Å². The van der Waals surface area contributed by atoms with E-state index in [9.17, 15) is 4.79 Å². The molecule has 0 saturated carbocycles. The fourth-order valence-electron chi connectivity index (χ4n) is 2.74. The first-order chi connectivity index (χ1) is 11.2. The lowest BCUT2D eigenvalue weighted by molar-refractivity contribution is -0.116. The van der Waals surface area contributed by atoms with Gasteiger partial charge in [-0.25, -0.2) is 0 Å². The molecular formula is C19H26N2O2. The minimum absolute atomic E-state index is 0.0803. The fourth-order valence-corrected chi connectivity index (χ4v) is 2.74. The van der Waals surface area contributed by atoms with E-state index in [4.69, 9.17) is 10.5 Å². The van der Waals surface area contributed by atoms with E-state index < -0.39 is 0 Å². The van der Waals surface area contributed by atoms with Gasteiger partial charge < -0.3 is 15.4 Å². The van der Waals surface area contributed by atoms with Crippen LogP contribution in [0, 0.1) is 0 Å². The third kappa shape index (κ3) is 4.70. The van der Waals surface area contributed by atoms with Gasteiger partial charge in [-0.15, -0.1) is 0 Å². The molecular weight excluding hydrogens is 288 g/mol. The zero-order chi connectivity index (χ0) is 16.7. The molecule has 4 nitrogen and oxygen atoms in total. The zero-order valence-corrected chi connectivity index (χ0v) is 14.0. The summed E-state index contributed by atoms with van der Waals surface area (Å²) in [6.07, 6.45) is 4.28. The molecule has 0 atom stereocenters. The normalized spacial score (nSPS) is 10.7. The van der Waals surface area contributed by atoms with Gasteiger partial charge >= 0.3 is 0 Å². The molecule has 2 N–H and O–H groups in total. The second-order valence-electron chi connectivity index (χ2n) is 5.77. The van der Waals surface area contributed by atoms with Crippen molar-refractivity contribution < 1.29 is 9.53 Å². The standard InChI is InChI=1S/C19H26N2O2/c1-15(22)21(12-6-4-3-5-11-20)18-9-7-17-14-19(23-2)10-8-16(17)13-18/h7-10,13-14H,3-6,11-12,20H2,1-2H3. The van der Waals surface area contributed by atoms with E-state index in [0.29, 0.717) is 0 Å². The van der Waals surface area contributed by atoms with Gasteiger partial charge in [-0.3, -0.25) is 4.79 Å². The highest BCUT2D eigenvalue weighted by Gasteiger charge is 2.11. The van der Waals surface area contributed by atoms with Gasteiger partial charge in [0.2, 0.25) is 5.91 Å². The predicted molar refractivity (Wildman–Crippen MR) is 96.0 cm³/mol. The quantitative estimate of drug-likeness (QED) is 0.756. The Morgan fingerprint density at radius 3 is 2.43 bits per heavy atom. The van der Waals surface area contributed by atoms with Gasteiger partial charge in [0.1, 0.15) is 5.75 Å².